The molecule has 2 heterocycles. The molecule has 1 aromatic carbocycles. The van der Waals surface area contributed by atoms with Crippen LogP contribution in [-0.2, 0) is 11.0 Å². The first kappa shape index (κ1) is 17.4. The topological polar surface area (TPSA) is 60.5 Å². The van der Waals surface area contributed by atoms with Crippen LogP contribution in [0.15, 0.2) is 41.6 Å². The van der Waals surface area contributed by atoms with E-state index in [9.17, 15) is 18.0 Å². The Hall–Kier alpha value is -2.42. The van der Waals surface area contributed by atoms with Crippen LogP contribution in [0.1, 0.15) is 12.0 Å². The minimum Gasteiger partial charge on any atom is -0.454 e. The van der Waals surface area contributed by atoms with Crippen LogP contribution >= 0.6 is 11.8 Å². The second-order valence-corrected chi connectivity index (χ2v) is 6.21. The van der Waals surface area contributed by atoms with Crippen molar-refractivity contribution in [2.24, 2.45) is 0 Å². The second-order valence-electron chi connectivity index (χ2n) is 5.10. The summed E-state index contributed by atoms with van der Waals surface area (Å²) in [5, 5.41) is 3.16. The van der Waals surface area contributed by atoms with Crippen LogP contribution in [0.25, 0.3) is 0 Å². The van der Waals surface area contributed by atoms with Crippen LogP contribution in [0.3, 0.4) is 0 Å². The minimum atomic E-state index is -4.40. The van der Waals surface area contributed by atoms with Gasteiger partial charge in [0.2, 0.25) is 12.7 Å². The lowest BCUT2D eigenvalue weighted by atomic mass is 10.2. The molecule has 0 unspecified atom stereocenters. The van der Waals surface area contributed by atoms with E-state index in [1.165, 1.54) is 17.8 Å². The van der Waals surface area contributed by atoms with Gasteiger partial charge in [0.1, 0.15) is 0 Å². The van der Waals surface area contributed by atoms with Crippen molar-refractivity contribution in [3.05, 3.63) is 42.1 Å². The minimum absolute atomic E-state index is 0.156. The Bertz CT molecular complexity index is 766. The van der Waals surface area contributed by atoms with Crippen LogP contribution < -0.4 is 14.8 Å². The molecule has 1 aromatic heterocycles. The average Bonchev–Trinajstić information content (AvgIpc) is 3.02. The van der Waals surface area contributed by atoms with Gasteiger partial charge in [-0.25, -0.2) is 4.98 Å². The van der Waals surface area contributed by atoms with E-state index in [1.54, 1.807) is 18.2 Å². The molecule has 0 saturated carbocycles. The van der Waals surface area contributed by atoms with E-state index in [-0.39, 0.29) is 19.1 Å². The Morgan fingerprint density at radius 2 is 2.00 bits per heavy atom. The number of hydrogen-bond acceptors (Lipinski definition) is 5. The van der Waals surface area contributed by atoms with E-state index < -0.39 is 11.7 Å². The smallest absolute Gasteiger partial charge is 0.417 e. The summed E-state index contributed by atoms with van der Waals surface area (Å²) in [6, 6.07) is 7.35. The molecule has 0 spiro atoms. The van der Waals surface area contributed by atoms with Crippen molar-refractivity contribution in [2.45, 2.75) is 17.6 Å². The molecule has 0 atom stereocenters. The number of anilines is 1. The van der Waals surface area contributed by atoms with Crippen LogP contribution in [-0.4, -0.2) is 23.4 Å². The van der Waals surface area contributed by atoms with Gasteiger partial charge < -0.3 is 14.8 Å². The molecule has 2 aromatic rings. The van der Waals surface area contributed by atoms with Crippen molar-refractivity contribution in [2.75, 3.05) is 17.9 Å². The molecule has 1 N–H and O–H groups in total. The summed E-state index contributed by atoms with van der Waals surface area (Å²) >= 11 is 1.21. The fourth-order valence-electron chi connectivity index (χ4n) is 2.08. The summed E-state index contributed by atoms with van der Waals surface area (Å²) in [4.78, 5) is 15.7. The van der Waals surface area contributed by atoms with Gasteiger partial charge >= 0.3 is 6.18 Å². The number of carbonyl (C=O) groups excluding carboxylic acids is 1. The van der Waals surface area contributed by atoms with E-state index in [0.29, 0.717) is 28.0 Å². The Balaban J connectivity index is 1.46. The summed E-state index contributed by atoms with van der Waals surface area (Å²) in [5.74, 6) is 1.38. The van der Waals surface area contributed by atoms with Gasteiger partial charge in [0.15, 0.2) is 11.5 Å². The number of benzene rings is 1. The molecule has 0 saturated heterocycles. The zero-order valence-electron chi connectivity index (χ0n) is 12.8. The van der Waals surface area contributed by atoms with E-state index in [2.05, 4.69) is 10.3 Å². The highest BCUT2D eigenvalue weighted by Gasteiger charge is 2.30. The van der Waals surface area contributed by atoms with Gasteiger partial charge in [-0.15, -0.1) is 11.8 Å². The molecule has 0 fully saturated rings. The zero-order chi connectivity index (χ0) is 17.9. The number of nitrogens with zero attached hydrogens (tertiary/aromatic N) is 1. The second kappa shape index (κ2) is 7.22. The number of ether oxygens (including phenoxy) is 2. The van der Waals surface area contributed by atoms with Crippen LogP contribution in [0.4, 0.5) is 18.9 Å². The molecule has 1 aliphatic heterocycles. The third kappa shape index (κ3) is 4.56. The monoisotopic (exact) mass is 370 g/mol. The molecule has 5 nitrogen and oxygen atoms in total. The predicted octanol–water partition coefficient (Wildman–Crippen LogP) is 3.95. The van der Waals surface area contributed by atoms with Crippen molar-refractivity contribution < 1.29 is 27.4 Å². The summed E-state index contributed by atoms with van der Waals surface area (Å²) < 4.78 is 47.8. The maximum absolute atomic E-state index is 12.5. The molecule has 1 amide bonds. The van der Waals surface area contributed by atoms with Gasteiger partial charge in [-0.3, -0.25) is 4.79 Å². The molecular formula is C16H13F3N2O3S. The third-order valence-electron chi connectivity index (χ3n) is 3.30. The van der Waals surface area contributed by atoms with Gasteiger partial charge in [0.25, 0.3) is 0 Å². The van der Waals surface area contributed by atoms with Crippen LogP contribution in [0.5, 0.6) is 11.5 Å². The first-order valence-corrected chi connectivity index (χ1v) is 8.26. The number of halogens is 3. The Kier molecular flexibility index (Phi) is 5.03. The molecule has 25 heavy (non-hydrogen) atoms. The molecular weight excluding hydrogens is 357 g/mol. The largest absolute Gasteiger partial charge is 0.454 e. The van der Waals surface area contributed by atoms with Crippen molar-refractivity contribution >= 4 is 23.4 Å². The molecule has 0 radical (unpaired) electrons. The van der Waals surface area contributed by atoms with Crippen LogP contribution in [0, 0.1) is 0 Å². The van der Waals surface area contributed by atoms with E-state index in [1.807, 2.05) is 0 Å². The highest BCUT2D eigenvalue weighted by atomic mass is 32.2. The number of alkyl halides is 3. The average molecular weight is 370 g/mol. The van der Waals surface area contributed by atoms with Gasteiger partial charge in [-0.2, -0.15) is 13.2 Å². The van der Waals surface area contributed by atoms with E-state index >= 15 is 0 Å². The van der Waals surface area contributed by atoms with E-state index in [0.717, 1.165) is 12.3 Å². The summed E-state index contributed by atoms with van der Waals surface area (Å²) in [7, 11) is 0. The molecule has 9 heteroatoms. The molecule has 132 valence electrons. The van der Waals surface area contributed by atoms with Crippen molar-refractivity contribution in [1.29, 1.82) is 0 Å². The first-order chi connectivity index (χ1) is 11.9. The lowest BCUT2D eigenvalue weighted by Crippen LogP contribution is -2.12. The molecule has 0 aliphatic carbocycles. The van der Waals surface area contributed by atoms with Crippen LogP contribution in [0.2, 0.25) is 0 Å². The Morgan fingerprint density at radius 3 is 2.72 bits per heavy atom. The SMILES string of the molecule is O=C(CCSc1ccc(C(F)(F)F)cn1)Nc1ccc2c(c1)OCO2. The lowest BCUT2D eigenvalue weighted by Gasteiger charge is -2.07. The molecule has 3 rings (SSSR count). The molecule has 1 aliphatic rings. The number of carbonyl (C=O) groups is 1. The number of amides is 1. The maximum atomic E-state index is 12.5. The maximum Gasteiger partial charge on any atom is 0.417 e. The van der Waals surface area contributed by atoms with Crippen molar-refractivity contribution in [3.8, 4) is 11.5 Å². The highest BCUT2D eigenvalue weighted by Crippen LogP contribution is 2.34. The fourth-order valence-corrected chi connectivity index (χ4v) is 2.87. The molecule has 0 bridgehead atoms. The highest BCUT2D eigenvalue weighted by molar-refractivity contribution is 7.99. The number of aromatic nitrogens is 1. The van der Waals surface area contributed by atoms with Crippen molar-refractivity contribution in [1.82, 2.24) is 4.98 Å². The number of hydrogen-bond donors (Lipinski definition) is 1. The number of rotatable bonds is 5. The normalized spacial score (nSPS) is 12.9. The quantitative estimate of drug-likeness (QED) is 0.808. The number of nitrogens with one attached hydrogen (secondary N) is 1. The number of pyridine rings is 1. The van der Waals surface area contributed by atoms with Crippen molar-refractivity contribution in [3.63, 3.8) is 0 Å². The number of fused-ring (bicyclic) bond motifs is 1. The third-order valence-corrected chi connectivity index (χ3v) is 4.24. The lowest BCUT2D eigenvalue weighted by molar-refractivity contribution is -0.137. The number of thioether (sulfide) groups is 1. The standard InChI is InChI=1S/C16H13F3N2O3S/c17-16(18,19)10-1-4-15(20-8-10)25-6-5-14(22)21-11-2-3-12-13(7-11)24-9-23-12/h1-4,7-8H,5-6,9H2,(H,21,22). The summed E-state index contributed by atoms with van der Waals surface area (Å²) in [5.41, 5.74) is -0.204. The van der Waals surface area contributed by atoms with Gasteiger partial charge in [0, 0.05) is 30.1 Å². The zero-order valence-corrected chi connectivity index (χ0v) is 13.6. The Morgan fingerprint density at radius 1 is 1.20 bits per heavy atom. The first-order valence-electron chi connectivity index (χ1n) is 7.27. The predicted molar refractivity (Wildman–Crippen MR) is 85.8 cm³/mol. The van der Waals surface area contributed by atoms with Gasteiger partial charge in [-0.1, -0.05) is 0 Å². The van der Waals surface area contributed by atoms with E-state index in [4.69, 9.17) is 9.47 Å². The Labute approximate surface area is 145 Å². The summed E-state index contributed by atoms with van der Waals surface area (Å²) in [6.07, 6.45) is -3.42. The van der Waals surface area contributed by atoms with Gasteiger partial charge in [-0.05, 0) is 24.3 Å². The fraction of sp³-hybridized carbons (Fsp3) is 0.250. The summed E-state index contributed by atoms with van der Waals surface area (Å²) in [6.45, 7) is 0.156. The van der Waals surface area contributed by atoms with Gasteiger partial charge in [0.05, 0.1) is 10.6 Å².